The maximum Gasteiger partial charge on any atom is 0.697 e. The molecule has 0 aliphatic carbocycles. The van der Waals surface area contributed by atoms with E-state index in [0.717, 1.165) is 24.0 Å². The average molecular weight is 442 g/mol. The maximum absolute atomic E-state index is 12.5. The summed E-state index contributed by atoms with van der Waals surface area (Å²) in [7, 11) is -2.26. The molecule has 160 valence electrons. The Morgan fingerprint density at radius 3 is 2.87 bits per heavy atom. The van der Waals surface area contributed by atoms with Crippen molar-refractivity contribution < 1.29 is 27.9 Å². The number of cyclic esters (lactones) is 1. The van der Waals surface area contributed by atoms with Crippen LogP contribution in [0.2, 0.25) is 0 Å². The van der Waals surface area contributed by atoms with Gasteiger partial charge in [0.05, 0.1) is 5.69 Å². The molecule has 1 fully saturated rings. The number of amides is 1. The van der Waals surface area contributed by atoms with Crippen LogP contribution in [0, 0.1) is 11.3 Å². The van der Waals surface area contributed by atoms with Crippen molar-refractivity contribution in [2.24, 2.45) is 0 Å². The predicted octanol–water partition coefficient (Wildman–Crippen LogP) is 4.20. The normalized spacial score (nSPS) is 19.7. The van der Waals surface area contributed by atoms with Crippen LogP contribution in [0.15, 0.2) is 36.5 Å². The first-order chi connectivity index (χ1) is 15.1. The number of carbonyl (C=O) groups is 1. The number of carbonyl (C=O) groups excluding carboxylic acids is 1. The number of ether oxygens (including phenoxy) is 2. The van der Waals surface area contributed by atoms with Crippen molar-refractivity contribution in [2.45, 2.75) is 31.9 Å². The molecule has 2 aromatic rings. The molecular formula is C21H21N3O6P+. The molecule has 3 heterocycles. The van der Waals surface area contributed by atoms with Crippen molar-refractivity contribution in [1.82, 2.24) is 4.98 Å². The lowest BCUT2D eigenvalue weighted by atomic mass is 10.0. The number of unbranched alkanes of at least 4 members (excludes halogenated alkanes) is 1. The SMILES string of the molecule is CCCCO[P+](=O)OC[C@@H]1OC(=O)N2c3ccc(-c4ccc(C#N)nc4)cc3OC[C@@H]12. The summed E-state index contributed by atoms with van der Waals surface area (Å²) in [4.78, 5) is 18.1. The predicted molar refractivity (Wildman–Crippen MR) is 111 cm³/mol. The minimum atomic E-state index is -2.26. The summed E-state index contributed by atoms with van der Waals surface area (Å²) in [5, 5.41) is 8.89. The highest BCUT2D eigenvalue weighted by molar-refractivity contribution is 7.33. The molecule has 1 amide bonds. The summed E-state index contributed by atoms with van der Waals surface area (Å²) < 4.78 is 33.5. The molecule has 9 nitrogen and oxygen atoms in total. The zero-order valence-electron chi connectivity index (χ0n) is 16.9. The van der Waals surface area contributed by atoms with Crippen molar-refractivity contribution in [1.29, 1.82) is 5.26 Å². The largest absolute Gasteiger partial charge is 0.697 e. The van der Waals surface area contributed by atoms with Crippen LogP contribution in [0.1, 0.15) is 25.5 Å². The number of benzene rings is 1. The van der Waals surface area contributed by atoms with Gasteiger partial charge in [-0.05, 0) is 36.2 Å². The van der Waals surface area contributed by atoms with Crippen molar-refractivity contribution in [3.05, 3.63) is 42.2 Å². The van der Waals surface area contributed by atoms with Crippen molar-refractivity contribution >= 4 is 20.0 Å². The molecule has 1 aromatic heterocycles. The van der Waals surface area contributed by atoms with Crippen molar-refractivity contribution in [3.8, 4) is 22.9 Å². The van der Waals surface area contributed by atoms with E-state index in [1.165, 1.54) is 0 Å². The van der Waals surface area contributed by atoms with Crippen LogP contribution >= 0.6 is 8.25 Å². The van der Waals surface area contributed by atoms with Gasteiger partial charge in [-0.15, -0.1) is 9.05 Å². The zero-order valence-corrected chi connectivity index (χ0v) is 17.8. The summed E-state index contributed by atoms with van der Waals surface area (Å²) in [6.45, 7) is 2.55. The number of nitrogens with zero attached hydrogens (tertiary/aromatic N) is 3. The number of pyridine rings is 1. The molecule has 2 aliphatic heterocycles. The lowest BCUT2D eigenvalue weighted by molar-refractivity contribution is 0.0769. The first-order valence-corrected chi connectivity index (χ1v) is 11.1. The van der Waals surface area contributed by atoms with Crippen molar-refractivity contribution in [3.63, 3.8) is 0 Å². The average Bonchev–Trinajstić information content (AvgIpc) is 3.13. The number of fused-ring (bicyclic) bond motifs is 3. The van der Waals surface area contributed by atoms with Crippen LogP contribution in [0.5, 0.6) is 5.75 Å². The van der Waals surface area contributed by atoms with E-state index in [0.29, 0.717) is 23.7 Å². The van der Waals surface area contributed by atoms with Gasteiger partial charge in [0.2, 0.25) is 0 Å². The quantitative estimate of drug-likeness (QED) is 0.442. The molecule has 0 spiro atoms. The second-order valence-corrected chi connectivity index (χ2v) is 8.07. The van der Waals surface area contributed by atoms with Crippen LogP contribution in [0.25, 0.3) is 11.1 Å². The zero-order chi connectivity index (χ0) is 21.8. The van der Waals surface area contributed by atoms with Crippen molar-refractivity contribution in [2.75, 3.05) is 24.7 Å². The highest BCUT2D eigenvalue weighted by atomic mass is 31.1. The summed E-state index contributed by atoms with van der Waals surface area (Å²) >= 11 is 0. The lowest BCUT2D eigenvalue weighted by Crippen LogP contribution is -2.45. The number of hydrogen-bond acceptors (Lipinski definition) is 8. The van der Waals surface area contributed by atoms with Crippen LogP contribution in [-0.4, -0.2) is 43.0 Å². The minimum Gasteiger partial charge on any atom is -0.489 e. The third kappa shape index (κ3) is 4.52. The number of anilines is 1. The van der Waals surface area contributed by atoms with E-state index in [-0.39, 0.29) is 19.3 Å². The number of aromatic nitrogens is 1. The number of rotatable bonds is 8. The van der Waals surface area contributed by atoms with Gasteiger partial charge in [-0.2, -0.15) is 5.26 Å². The Labute approximate surface area is 180 Å². The van der Waals surface area contributed by atoms with E-state index in [2.05, 4.69) is 4.98 Å². The fraction of sp³-hybridized carbons (Fsp3) is 0.381. The van der Waals surface area contributed by atoms with E-state index in [9.17, 15) is 9.36 Å². The Kier molecular flexibility index (Phi) is 6.42. The number of hydrogen-bond donors (Lipinski definition) is 0. The van der Waals surface area contributed by atoms with Crippen LogP contribution < -0.4 is 9.64 Å². The molecule has 1 aromatic carbocycles. The molecule has 0 bridgehead atoms. The molecule has 10 heteroatoms. The second-order valence-electron chi connectivity index (χ2n) is 7.10. The Hall–Kier alpha value is -3.05. The summed E-state index contributed by atoms with van der Waals surface area (Å²) in [5.41, 5.74) is 2.61. The molecule has 31 heavy (non-hydrogen) atoms. The fourth-order valence-corrected chi connectivity index (χ4v) is 4.06. The lowest BCUT2D eigenvalue weighted by Gasteiger charge is -2.31. The Bertz CT molecular complexity index is 1020. The molecule has 1 unspecified atom stereocenters. The van der Waals surface area contributed by atoms with Gasteiger partial charge in [0.25, 0.3) is 0 Å². The van der Waals surface area contributed by atoms with Gasteiger partial charge in [-0.3, -0.25) is 4.90 Å². The summed E-state index contributed by atoms with van der Waals surface area (Å²) in [6.07, 6.45) is 2.23. The third-order valence-electron chi connectivity index (χ3n) is 5.09. The Balaban J connectivity index is 1.45. The molecule has 3 atom stereocenters. The molecule has 2 aliphatic rings. The Morgan fingerprint density at radius 1 is 1.29 bits per heavy atom. The minimum absolute atomic E-state index is 0.0398. The summed E-state index contributed by atoms with van der Waals surface area (Å²) in [6, 6.07) is 10.5. The molecule has 0 saturated carbocycles. The highest BCUT2D eigenvalue weighted by Gasteiger charge is 2.48. The van der Waals surface area contributed by atoms with E-state index in [1.54, 1.807) is 29.3 Å². The molecule has 1 saturated heterocycles. The van der Waals surface area contributed by atoms with E-state index in [1.807, 2.05) is 25.1 Å². The second kappa shape index (κ2) is 9.40. The monoisotopic (exact) mass is 442 g/mol. The molecule has 4 rings (SSSR count). The molecular weight excluding hydrogens is 421 g/mol. The van der Waals surface area contributed by atoms with Crippen LogP contribution in [0.4, 0.5) is 10.5 Å². The smallest absolute Gasteiger partial charge is 0.489 e. The van der Waals surface area contributed by atoms with Crippen LogP contribution in [-0.2, 0) is 18.3 Å². The molecule has 0 N–H and O–H groups in total. The van der Waals surface area contributed by atoms with Gasteiger partial charge >= 0.3 is 14.3 Å². The standard InChI is InChI=1S/C21H21N3O6P/c1-2-3-8-28-31(26)29-13-20-18-12-27-19-9-14(15-4-6-16(10-22)23-11-15)5-7-17(19)24(18)21(25)30-20/h4-7,9,11,18,20H,2-3,8,12-13H2,1H3/q+1/t18-,20-/m0/s1. The van der Waals surface area contributed by atoms with Gasteiger partial charge in [0.15, 0.2) is 6.10 Å². The fourth-order valence-electron chi connectivity index (χ4n) is 3.44. The van der Waals surface area contributed by atoms with E-state index >= 15 is 0 Å². The maximum atomic E-state index is 12.5. The van der Waals surface area contributed by atoms with Gasteiger partial charge in [-0.1, -0.05) is 19.4 Å². The number of nitriles is 1. The summed E-state index contributed by atoms with van der Waals surface area (Å²) in [5.74, 6) is 0.547. The Morgan fingerprint density at radius 2 is 2.13 bits per heavy atom. The van der Waals surface area contributed by atoms with Gasteiger partial charge in [0, 0.05) is 16.3 Å². The molecule has 0 radical (unpaired) electrons. The van der Waals surface area contributed by atoms with E-state index in [4.69, 9.17) is 23.8 Å². The third-order valence-corrected chi connectivity index (χ3v) is 5.84. The first-order valence-electron chi connectivity index (χ1n) is 9.97. The van der Waals surface area contributed by atoms with Gasteiger partial charge in [-0.25, -0.2) is 9.78 Å². The van der Waals surface area contributed by atoms with Gasteiger partial charge in [0.1, 0.15) is 43.4 Å². The topological polar surface area (TPSA) is 111 Å². The van der Waals surface area contributed by atoms with E-state index < -0.39 is 20.5 Å². The highest BCUT2D eigenvalue weighted by Crippen LogP contribution is 2.41. The van der Waals surface area contributed by atoms with Crippen LogP contribution in [0.3, 0.4) is 0 Å². The first kappa shape index (κ1) is 21.2. The van der Waals surface area contributed by atoms with Gasteiger partial charge < -0.3 is 9.47 Å².